The summed E-state index contributed by atoms with van der Waals surface area (Å²) in [4.78, 5) is 18.8. The number of H-pyrrole nitrogens is 1. The van der Waals surface area contributed by atoms with Gasteiger partial charge in [-0.05, 0) is 25.0 Å². The molecule has 1 amide bonds. The number of thioether (sulfide) groups is 1. The van der Waals surface area contributed by atoms with Crippen molar-refractivity contribution in [3.8, 4) is 0 Å². The highest BCUT2D eigenvalue weighted by Gasteiger charge is 2.26. The molecule has 1 aromatic carbocycles. The maximum absolute atomic E-state index is 12.8. The summed E-state index contributed by atoms with van der Waals surface area (Å²) in [5.41, 5.74) is 6.49. The number of nitrogen functional groups attached to an aromatic ring is 1. The Morgan fingerprint density at radius 1 is 1.26 bits per heavy atom. The van der Waals surface area contributed by atoms with E-state index in [1.165, 1.54) is 31.0 Å². The van der Waals surface area contributed by atoms with E-state index in [1.54, 1.807) is 0 Å². The molecule has 1 aliphatic rings. The lowest BCUT2D eigenvalue weighted by Gasteiger charge is -2.34. The molecule has 6 nitrogen and oxygen atoms in total. The number of benzene rings is 1. The highest BCUT2D eigenvalue weighted by molar-refractivity contribution is 7.99. The summed E-state index contributed by atoms with van der Waals surface area (Å²) >= 11 is 1.31. The molecule has 23 heavy (non-hydrogen) atoms. The number of hydrogen-bond acceptors (Lipinski definition) is 5. The van der Waals surface area contributed by atoms with Crippen molar-refractivity contribution in [1.82, 2.24) is 15.2 Å². The average Bonchev–Trinajstić information content (AvgIpc) is 3.01. The smallest absolute Gasteiger partial charge is 0.237 e. The summed E-state index contributed by atoms with van der Waals surface area (Å²) < 4.78 is 0. The number of aromatic nitrogens is 3. The van der Waals surface area contributed by atoms with Gasteiger partial charge in [0, 0.05) is 11.7 Å². The largest absolute Gasteiger partial charge is 0.368 e. The number of carbonyl (C=O) groups is 1. The number of rotatable bonds is 5. The van der Waals surface area contributed by atoms with Crippen LogP contribution >= 0.6 is 11.8 Å². The van der Waals surface area contributed by atoms with Crippen molar-refractivity contribution < 1.29 is 4.79 Å². The molecular formula is C16H21N5OS. The zero-order valence-corrected chi connectivity index (χ0v) is 13.8. The van der Waals surface area contributed by atoms with Gasteiger partial charge in [-0.15, -0.1) is 5.10 Å². The van der Waals surface area contributed by atoms with Gasteiger partial charge in [-0.3, -0.25) is 4.79 Å². The zero-order valence-electron chi connectivity index (χ0n) is 12.9. The van der Waals surface area contributed by atoms with Crippen LogP contribution < -0.4 is 10.6 Å². The predicted molar refractivity (Wildman–Crippen MR) is 92.3 cm³/mol. The second-order valence-corrected chi connectivity index (χ2v) is 6.63. The number of carbonyl (C=O) groups excluding carboxylic acids is 1. The van der Waals surface area contributed by atoms with Crippen molar-refractivity contribution in [2.24, 2.45) is 0 Å². The van der Waals surface area contributed by atoms with Gasteiger partial charge in [0.05, 0.1) is 5.75 Å². The van der Waals surface area contributed by atoms with Gasteiger partial charge in [0.15, 0.2) is 0 Å². The quantitative estimate of drug-likeness (QED) is 0.823. The molecule has 7 heteroatoms. The first kappa shape index (κ1) is 15.9. The van der Waals surface area contributed by atoms with E-state index < -0.39 is 0 Å². The van der Waals surface area contributed by atoms with Crippen LogP contribution in [0.15, 0.2) is 35.5 Å². The van der Waals surface area contributed by atoms with E-state index >= 15 is 0 Å². The zero-order chi connectivity index (χ0) is 16.1. The molecule has 1 aromatic heterocycles. The van der Waals surface area contributed by atoms with Crippen LogP contribution in [-0.4, -0.2) is 32.9 Å². The van der Waals surface area contributed by atoms with E-state index in [2.05, 4.69) is 15.2 Å². The Bertz CT molecular complexity index is 639. The molecule has 2 aromatic rings. The van der Waals surface area contributed by atoms with Crippen LogP contribution in [0.1, 0.15) is 32.1 Å². The van der Waals surface area contributed by atoms with E-state index in [4.69, 9.17) is 5.73 Å². The maximum atomic E-state index is 12.8. The van der Waals surface area contributed by atoms with E-state index in [1.807, 2.05) is 35.2 Å². The molecule has 0 unspecified atom stereocenters. The monoisotopic (exact) mass is 331 g/mol. The number of nitrogens with one attached hydrogen (secondary N) is 1. The summed E-state index contributed by atoms with van der Waals surface area (Å²) in [5.74, 6) is 0.673. The third-order valence-electron chi connectivity index (χ3n) is 4.05. The Kier molecular flexibility index (Phi) is 5.17. The van der Waals surface area contributed by atoms with Gasteiger partial charge in [-0.1, -0.05) is 49.2 Å². The SMILES string of the molecule is Nc1nc(SCC(=O)N(c2ccccc2)C2CCCCC2)n[nH]1. The Balaban J connectivity index is 1.72. The topological polar surface area (TPSA) is 87.9 Å². The third kappa shape index (κ3) is 4.04. The van der Waals surface area contributed by atoms with Crippen molar-refractivity contribution >= 4 is 29.3 Å². The summed E-state index contributed by atoms with van der Waals surface area (Å²) in [6.45, 7) is 0. The van der Waals surface area contributed by atoms with E-state index in [0.717, 1.165) is 18.5 Å². The van der Waals surface area contributed by atoms with Gasteiger partial charge >= 0.3 is 0 Å². The van der Waals surface area contributed by atoms with E-state index in [0.29, 0.717) is 10.9 Å². The Hall–Kier alpha value is -2.02. The van der Waals surface area contributed by atoms with Crippen LogP contribution in [0, 0.1) is 0 Å². The molecule has 0 aliphatic heterocycles. The number of nitrogens with zero attached hydrogens (tertiary/aromatic N) is 3. The van der Waals surface area contributed by atoms with Gasteiger partial charge in [0.2, 0.25) is 17.0 Å². The molecular weight excluding hydrogens is 310 g/mol. The number of hydrogen-bond donors (Lipinski definition) is 2. The minimum Gasteiger partial charge on any atom is -0.368 e. The van der Waals surface area contributed by atoms with E-state index in [-0.39, 0.29) is 17.9 Å². The van der Waals surface area contributed by atoms with Crippen molar-refractivity contribution in [1.29, 1.82) is 0 Å². The van der Waals surface area contributed by atoms with Crippen LogP contribution in [0.3, 0.4) is 0 Å². The summed E-state index contributed by atoms with van der Waals surface area (Å²) in [5, 5.41) is 7.06. The first-order valence-corrected chi connectivity index (χ1v) is 8.90. The number of amides is 1. The van der Waals surface area contributed by atoms with Crippen LogP contribution in [0.5, 0.6) is 0 Å². The first-order chi connectivity index (χ1) is 11.2. The fraction of sp³-hybridized carbons (Fsp3) is 0.438. The van der Waals surface area contributed by atoms with Gasteiger partial charge in [-0.2, -0.15) is 4.98 Å². The van der Waals surface area contributed by atoms with Crippen LogP contribution in [0.4, 0.5) is 11.6 Å². The number of aromatic amines is 1. The minimum absolute atomic E-state index is 0.0940. The minimum atomic E-state index is 0.0940. The van der Waals surface area contributed by atoms with Crippen molar-refractivity contribution in [3.63, 3.8) is 0 Å². The second kappa shape index (κ2) is 7.50. The van der Waals surface area contributed by atoms with Gasteiger partial charge in [0.25, 0.3) is 0 Å². The Morgan fingerprint density at radius 3 is 2.65 bits per heavy atom. The molecule has 0 spiro atoms. The lowest BCUT2D eigenvalue weighted by atomic mass is 9.93. The Labute approximate surface area is 139 Å². The third-order valence-corrected chi connectivity index (χ3v) is 4.88. The number of nitrogens with two attached hydrogens (primary N) is 1. The lowest BCUT2D eigenvalue weighted by molar-refractivity contribution is -0.116. The molecule has 1 heterocycles. The molecule has 1 aliphatic carbocycles. The van der Waals surface area contributed by atoms with Crippen LogP contribution in [0.2, 0.25) is 0 Å². The van der Waals surface area contributed by atoms with Gasteiger partial charge < -0.3 is 10.6 Å². The lowest BCUT2D eigenvalue weighted by Crippen LogP contribution is -2.42. The van der Waals surface area contributed by atoms with Crippen molar-refractivity contribution in [2.75, 3.05) is 16.4 Å². The standard InChI is InChI=1S/C16H21N5OS/c17-15-18-16(20-19-15)23-11-14(22)21(12-7-3-1-4-8-12)13-9-5-2-6-10-13/h1,3-4,7-8,13H,2,5-6,9-11H2,(H3,17,18,19,20). The molecule has 0 saturated heterocycles. The summed E-state index contributed by atoms with van der Waals surface area (Å²) in [6, 6.07) is 10.2. The molecule has 3 N–H and O–H groups in total. The summed E-state index contributed by atoms with van der Waals surface area (Å²) in [7, 11) is 0. The highest BCUT2D eigenvalue weighted by Crippen LogP contribution is 2.28. The van der Waals surface area contributed by atoms with Gasteiger partial charge in [0.1, 0.15) is 0 Å². The van der Waals surface area contributed by atoms with Crippen LogP contribution in [0.25, 0.3) is 0 Å². The first-order valence-electron chi connectivity index (χ1n) is 7.92. The highest BCUT2D eigenvalue weighted by atomic mass is 32.2. The maximum Gasteiger partial charge on any atom is 0.237 e. The van der Waals surface area contributed by atoms with Crippen molar-refractivity contribution in [2.45, 2.75) is 43.3 Å². The van der Waals surface area contributed by atoms with Crippen LogP contribution in [-0.2, 0) is 4.79 Å². The predicted octanol–water partition coefficient (Wildman–Crippen LogP) is 2.84. The molecule has 1 fully saturated rings. The molecule has 3 rings (SSSR count). The number of anilines is 2. The number of para-hydroxylation sites is 1. The fourth-order valence-electron chi connectivity index (χ4n) is 3.00. The summed E-state index contributed by atoms with van der Waals surface area (Å²) in [6.07, 6.45) is 5.77. The normalized spacial score (nSPS) is 15.5. The second-order valence-electron chi connectivity index (χ2n) is 5.68. The van der Waals surface area contributed by atoms with E-state index in [9.17, 15) is 4.79 Å². The van der Waals surface area contributed by atoms with Crippen molar-refractivity contribution in [3.05, 3.63) is 30.3 Å². The molecule has 122 valence electrons. The van der Waals surface area contributed by atoms with Gasteiger partial charge in [-0.25, -0.2) is 5.10 Å². The molecule has 1 saturated carbocycles. The Morgan fingerprint density at radius 2 is 2.00 bits per heavy atom. The molecule has 0 bridgehead atoms. The molecule has 0 atom stereocenters. The molecule has 0 radical (unpaired) electrons. The fourth-order valence-corrected chi connectivity index (χ4v) is 3.67. The average molecular weight is 331 g/mol.